The number of hydrogen-bond acceptors (Lipinski definition) is 6. The van der Waals surface area contributed by atoms with Gasteiger partial charge in [-0.1, -0.05) is 42.7 Å². The first-order valence-electron chi connectivity index (χ1n) is 14.8. The first kappa shape index (κ1) is 33.3. The smallest absolute Gasteiger partial charge is 0.423 e. The fourth-order valence-electron chi connectivity index (χ4n) is 6.30. The van der Waals surface area contributed by atoms with E-state index in [0.29, 0.717) is 30.4 Å². The Labute approximate surface area is 255 Å². The molecule has 4 N–H and O–H groups in total. The van der Waals surface area contributed by atoms with Gasteiger partial charge in [-0.05, 0) is 80.9 Å². The Hall–Kier alpha value is -3.60. The van der Waals surface area contributed by atoms with Gasteiger partial charge in [0, 0.05) is 19.0 Å². The lowest BCUT2D eigenvalue weighted by molar-refractivity contribution is -0.186. The molecule has 236 valence electrons. The lowest BCUT2D eigenvalue weighted by atomic mass is 9.78. The number of carbonyl (C=O) groups excluding carboxylic acids is 3. The highest BCUT2D eigenvalue weighted by Crippen LogP contribution is 2.54. The van der Waals surface area contributed by atoms with Crippen LogP contribution in [0, 0.1) is 0 Å². The third kappa shape index (κ3) is 7.03. The minimum atomic E-state index is -5.07. The summed E-state index contributed by atoms with van der Waals surface area (Å²) in [6, 6.07) is 3.90. The summed E-state index contributed by atoms with van der Waals surface area (Å²) >= 11 is 0. The van der Waals surface area contributed by atoms with E-state index in [1.54, 1.807) is 49.2 Å². The van der Waals surface area contributed by atoms with Crippen molar-refractivity contribution in [1.29, 1.82) is 0 Å². The number of likely N-dealkylation sites (tertiary alicyclic amines) is 1. The number of benzene rings is 1. The molecule has 13 heteroatoms. The molecule has 3 amide bonds. The van der Waals surface area contributed by atoms with Gasteiger partial charge in [-0.3, -0.25) is 14.4 Å². The molecule has 4 rings (SSSR count). The van der Waals surface area contributed by atoms with Crippen LogP contribution in [0.2, 0.25) is 0 Å². The maximum Gasteiger partial charge on any atom is 0.488 e. The summed E-state index contributed by atoms with van der Waals surface area (Å²) < 4.78 is 41.3. The third-order valence-electron chi connectivity index (χ3n) is 8.94. The summed E-state index contributed by atoms with van der Waals surface area (Å²) in [6.07, 6.45) is 1.66. The van der Waals surface area contributed by atoms with Crippen molar-refractivity contribution in [2.24, 2.45) is 0 Å². The predicted molar refractivity (Wildman–Crippen MR) is 158 cm³/mol. The van der Waals surface area contributed by atoms with E-state index >= 15 is 0 Å². The molecule has 1 spiro atoms. The van der Waals surface area contributed by atoms with Crippen molar-refractivity contribution in [3.8, 4) is 0 Å². The summed E-state index contributed by atoms with van der Waals surface area (Å²) in [5, 5.41) is 24.8. The summed E-state index contributed by atoms with van der Waals surface area (Å²) in [5.41, 5.74) is 6.21. The van der Waals surface area contributed by atoms with Gasteiger partial charge >= 0.3 is 19.2 Å². The van der Waals surface area contributed by atoms with Crippen LogP contribution in [0.4, 0.5) is 13.2 Å². The lowest BCUT2D eigenvalue weighted by Gasteiger charge is -2.36. The number of rotatable bonds is 12. The molecule has 44 heavy (non-hydrogen) atoms. The van der Waals surface area contributed by atoms with E-state index in [-0.39, 0.29) is 31.4 Å². The standard InChI is InChI=1S/C31H38BF3N4O5/c1-4-24(22-11-13-23(14-12-22)32(43)44)26(37-27(40)20(2)36-3)28(41)39-17-8-16-30(39)19-25(30)38(29(42)31(33,34)35)18-15-21-9-6-5-7-10-21/h6,9-14,20,24-26,36,43-44H,4,8,15-19H2,1-3H3,(H,37,40)/t20-,24-,25?,26?,30?/m0/s1. The first-order valence-corrected chi connectivity index (χ1v) is 14.8. The Morgan fingerprint density at radius 1 is 1.20 bits per heavy atom. The molecule has 5 atom stereocenters. The van der Waals surface area contributed by atoms with Crippen LogP contribution in [0.15, 0.2) is 59.5 Å². The number of nitrogens with one attached hydrogen (secondary N) is 2. The Balaban J connectivity index is 1.63. The van der Waals surface area contributed by atoms with Crippen LogP contribution in [-0.4, -0.2) is 94.7 Å². The van der Waals surface area contributed by atoms with E-state index in [1.807, 2.05) is 6.92 Å². The van der Waals surface area contributed by atoms with Crippen LogP contribution < -0.4 is 16.1 Å². The van der Waals surface area contributed by atoms with Crippen LogP contribution in [0.5, 0.6) is 0 Å². The minimum absolute atomic E-state index is 0.175. The van der Waals surface area contributed by atoms with Gasteiger partial charge in [0.15, 0.2) is 0 Å². The zero-order valence-corrected chi connectivity index (χ0v) is 25.0. The lowest BCUT2D eigenvalue weighted by Crippen LogP contribution is -2.57. The van der Waals surface area contributed by atoms with Crippen molar-refractivity contribution >= 4 is 30.3 Å². The van der Waals surface area contributed by atoms with E-state index in [1.165, 1.54) is 12.1 Å². The number of halogens is 3. The summed E-state index contributed by atoms with van der Waals surface area (Å²) in [6.45, 7) is 3.61. The second-order valence-electron chi connectivity index (χ2n) is 11.6. The molecule has 3 unspecified atom stereocenters. The average Bonchev–Trinajstić information content (AvgIpc) is 3.55. The second kappa shape index (κ2) is 13.6. The van der Waals surface area contributed by atoms with E-state index in [9.17, 15) is 37.6 Å². The monoisotopic (exact) mass is 614 g/mol. The number of likely N-dealkylation sites (N-methyl/N-ethyl adjacent to an activating group) is 1. The number of hydrogen-bond donors (Lipinski definition) is 4. The minimum Gasteiger partial charge on any atom is -0.423 e. The molecule has 2 aliphatic carbocycles. The van der Waals surface area contributed by atoms with Gasteiger partial charge in [0.25, 0.3) is 0 Å². The molecule has 2 fully saturated rings. The highest BCUT2D eigenvalue weighted by molar-refractivity contribution is 6.58. The SMILES string of the molecule is CC[C@@H](c1ccc(B(O)O)cc1)C(NC(=O)[C@H](C)NC)C(=O)N1CCCC12CC2N(CCC1=CC=C=C=C1)C(=O)C(F)(F)F. The van der Waals surface area contributed by atoms with E-state index in [0.717, 1.165) is 4.90 Å². The van der Waals surface area contributed by atoms with Crippen molar-refractivity contribution in [2.75, 3.05) is 20.1 Å². The van der Waals surface area contributed by atoms with Crippen molar-refractivity contribution in [1.82, 2.24) is 20.4 Å². The van der Waals surface area contributed by atoms with Gasteiger partial charge in [-0.2, -0.15) is 13.2 Å². The van der Waals surface area contributed by atoms with Crippen molar-refractivity contribution < 1.29 is 37.6 Å². The Kier molecular flexibility index (Phi) is 10.3. The maximum absolute atomic E-state index is 14.4. The topological polar surface area (TPSA) is 122 Å². The highest BCUT2D eigenvalue weighted by atomic mass is 19.4. The van der Waals surface area contributed by atoms with E-state index < -0.39 is 60.6 Å². The van der Waals surface area contributed by atoms with E-state index in [2.05, 4.69) is 22.1 Å². The molecule has 0 radical (unpaired) electrons. The van der Waals surface area contributed by atoms with Gasteiger partial charge in [-0.25, -0.2) is 0 Å². The maximum atomic E-state index is 14.4. The van der Waals surface area contributed by atoms with Gasteiger partial charge in [0.1, 0.15) is 6.04 Å². The summed E-state index contributed by atoms with van der Waals surface area (Å²) in [7, 11) is -0.0609. The molecule has 3 aliphatic rings. The van der Waals surface area contributed by atoms with Crippen LogP contribution in [-0.2, 0) is 14.4 Å². The fourth-order valence-corrected chi connectivity index (χ4v) is 6.30. The third-order valence-corrected chi connectivity index (χ3v) is 8.94. The highest BCUT2D eigenvalue weighted by Gasteiger charge is 2.66. The Morgan fingerprint density at radius 3 is 2.48 bits per heavy atom. The zero-order valence-electron chi connectivity index (χ0n) is 25.0. The number of nitrogens with zero attached hydrogens (tertiary/aromatic N) is 2. The second-order valence-corrected chi connectivity index (χ2v) is 11.6. The summed E-state index contributed by atoms with van der Waals surface area (Å²) in [4.78, 5) is 42.6. The number of alkyl halides is 3. The molecule has 0 aromatic heterocycles. The van der Waals surface area contributed by atoms with Gasteiger partial charge in [0.05, 0.1) is 17.6 Å². The number of carbonyl (C=O) groups is 3. The molecule has 0 bridgehead atoms. The quantitative estimate of drug-likeness (QED) is 0.210. The van der Waals surface area contributed by atoms with Crippen molar-refractivity contribution in [3.05, 3.63) is 65.1 Å². The average molecular weight is 614 g/mol. The molecule has 9 nitrogen and oxygen atoms in total. The molecular formula is C31H38BF3N4O5. The van der Waals surface area contributed by atoms with E-state index in [4.69, 9.17) is 0 Å². The van der Waals surface area contributed by atoms with Crippen molar-refractivity contribution in [3.63, 3.8) is 0 Å². The molecule has 1 saturated carbocycles. The largest absolute Gasteiger partial charge is 0.488 e. The molecule has 1 saturated heterocycles. The number of amides is 3. The Bertz CT molecular complexity index is 1390. The van der Waals surface area contributed by atoms with Gasteiger partial charge in [0.2, 0.25) is 11.8 Å². The molecule has 1 aliphatic heterocycles. The Morgan fingerprint density at radius 2 is 1.91 bits per heavy atom. The van der Waals surface area contributed by atoms with Gasteiger partial charge in [-0.15, -0.1) is 0 Å². The number of allylic oxidation sites excluding steroid dienone is 3. The fraction of sp³-hybridized carbons (Fsp3) is 0.516. The predicted octanol–water partition coefficient (Wildman–Crippen LogP) is 1.67. The van der Waals surface area contributed by atoms with Crippen LogP contribution in [0.25, 0.3) is 0 Å². The first-order chi connectivity index (χ1) is 20.8. The van der Waals surface area contributed by atoms with Crippen molar-refractivity contribution in [2.45, 2.75) is 81.7 Å². The zero-order chi connectivity index (χ0) is 32.2. The van der Waals surface area contributed by atoms with Crippen LogP contribution >= 0.6 is 0 Å². The normalized spacial score (nSPS) is 22.4. The molecule has 1 aromatic rings. The molecule has 1 heterocycles. The van der Waals surface area contributed by atoms with Crippen LogP contribution in [0.3, 0.4) is 0 Å². The van der Waals surface area contributed by atoms with Crippen LogP contribution in [0.1, 0.15) is 57.4 Å². The molecule has 1 aromatic carbocycles. The summed E-state index contributed by atoms with van der Waals surface area (Å²) in [5.74, 6) is -3.30. The van der Waals surface area contributed by atoms with Gasteiger partial charge < -0.3 is 30.5 Å². The molecular weight excluding hydrogens is 576 g/mol.